The van der Waals surface area contributed by atoms with Crippen molar-refractivity contribution in [2.45, 2.75) is 77.3 Å². The van der Waals surface area contributed by atoms with Crippen molar-refractivity contribution in [3.05, 3.63) is 71.4 Å². The van der Waals surface area contributed by atoms with Crippen molar-refractivity contribution in [1.29, 1.82) is 0 Å². The zero-order valence-corrected chi connectivity index (χ0v) is 24.9. The van der Waals surface area contributed by atoms with Gasteiger partial charge in [0.1, 0.15) is 5.82 Å². The summed E-state index contributed by atoms with van der Waals surface area (Å²) in [7, 11) is 1.35. The molecule has 0 saturated heterocycles. The van der Waals surface area contributed by atoms with E-state index in [1.54, 1.807) is 29.2 Å². The molecule has 0 bridgehead atoms. The van der Waals surface area contributed by atoms with Crippen LogP contribution >= 0.6 is 0 Å². The van der Waals surface area contributed by atoms with Crippen LogP contribution in [0, 0.1) is 18.7 Å². The normalized spacial score (nSPS) is 21.2. The number of ether oxygens (including phenoxy) is 1. The summed E-state index contributed by atoms with van der Waals surface area (Å²) in [5.41, 5.74) is 12.1. The minimum Gasteiger partial charge on any atom is -0.453 e. The summed E-state index contributed by atoms with van der Waals surface area (Å²) in [5, 5.41) is 11.1. The Morgan fingerprint density at radius 3 is 2.76 bits per heavy atom. The number of carbonyl (C=O) groups excluding carboxylic acids is 1. The lowest BCUT2D eigenvalue weighted by atomic mass is 9.73. The molecule has 4 N–H and O–H groups in total. The van der Waals surface area contributed by atoms with Gasteiger partial charge in [-0.05, 0) is 84.9 Å². The minimum atomic E-state index is -0.470. The van der Waals surface area contributed by atoms with Crippen LogP contribution in [-0.4, -0.2) is 44.9 Å². The molecule has 1 amide bonds. The molecule has 1 aromatic carbocycles. The van der Waals surface area contributed by atoms with Gasteiger partial charge in [0.15, 0.2) is 0 Å². The largest absolute Gasteiger partial charge is 0.453 e. The fraction of sp³-hybridized carbons (Fsp3) is 0.438. The molecule has 42 heavy (non-hydrogen) atoms. The molecule has 3 heterocycles. The van der Waals surface area contributed by atoms with Crippen LogP contribution < -0.4 is 16.4 Å². The van der Waals surface area contributed by atoms with Crippen molar-refractivity contribution in [2.75, 3.05) is 12.4 Å². The average molecular weight is 574 g/mol. The monoisotopic (exact) mass is 573 g/mol. The first-order chi connectivity index (χ1) is 20.2. The van der Waals surface area contributed by atoms with Gasteiger partial charge in [-0.2, -0.15) is 9.61 Å². The number of rotatable bonds is 8. The topological polar surface area (TPSA) is 119 Å². The third-order valence-electron chi connectivity index (χ3n) is 8.54. The second kappa shape index (κ2) is 12.4. The van der Waals surface area contributed by atoms with E-state index in [-0.39, 0.29) is 29.7 Å². The van der Waals surface area contributed by atoms with E-state index < -0.39 is 6.09 Å². The number of carbonyl (C=O) groups is 1. The molecule has 1 fully saturated rings. The highest BCUT2D eigenvalue weighted by atomic mass is 19.1. The molecule has 5 rings (SSSR count). The lowest BCUT2D eigenvalue weighted by molar-refractivity contribution is 0.149. The van der Waals surface area contributed by atoms with Gasteiger partial charge in [0.2, 0.25) is 5.95 Å². The number of hydrogen-bond acceptors (Lipinski definition) is 7. The second-order valence-electron chi connectivity index (χ2n) is 11.6. The fourth-order valence-corrected chi connectivity index (χ4v) is 6.35. The van der Waals surface area contributed by atoms with E-state index in [2.05, 4.69) is 47.4 Å². The van der Waals surface area contributed by atoms with Crippen molar-refractivity contribution in [1.82, 2.24) is 24.9 Å². The molecule has 1 aliphatic carbocycles. The maximum absolute atomic E-state index is 15.5. The third-order valence-corrected chi connectivity index (χ3v) is 8.54. The summed E-state index contributed by atoms with van der Waals surface area (Å²) in [6.07, 6.45) is 8.39. The van der Waals surface area contributed by atoms with E-state index >= 15 is 4.39 Å². The number of fused-ring (bicyclic) bond motifs is 1. The van der Waals surface area contributed by atoms with Crippen LogP contribution in [0.1, 0.15) is 75.0 Å². The van der Waals surface area contributed by atoms with Crippen molar-refractivity contribution < 1.29 is 13.9 Å². The van der Waals surface area contributed by atoms with Crippen LogP contribution in [0.5, 0.6) is 0 Å². The first kappa shape index (κ1) is 29.4. The lowest BCUT2D eigenvalue weighted by Gasteiger charge is -2.39. The number of aryl methyl sites for hydroxylation is 1. The molecule has 222 valence electrons. The van der Waals surface area contributed by atoms with Crippen LogP contribution in [0.3, 0.4) is 0 Å². The van der Waals surface area contributed by atoms with Gasteiger partial charge in [-0.25, -0.2) is 14.2 Å². The van der Waals surface area contributed by atoms with Crippen LogP contribution in [0.25, 0.3) is 16.8 Å². The Kier molecular flexibility index (Phi) is 8.72. The smallest absolute Gasteiger partial charge is 0.407 e. The van der Waals surface area contributed by atoms with Crippen molar-refractivity contribution in [2.24, 2.45) is 11.7 Å². The van der Waals surface area contributed by atoms with Gasteiger partial charge in [-0.3, -0.25) is 4.98 Å². The minimum absolute atomic E-state index is 0.143. The van der Waals surface area contributed by atoms with Gasteiger partial charge in [0, 0.05) is 23.8 Å². The molecule has 0 aliphatic heterocycles. The van der Waals surface area contributed by atoms with Gasteiger partial charge >= 0.3 is 6.09 Å². The first-order valence-corrected chi connectivity index (χ1v) is 14.7. The molecule has 10 heteroatoms. The number of halogens is 1. The molecule has 5 unspecified atom stereocenters. The molecular weight excluding hydrogens is 533 g/mol. The van der Waals surface area contributed by atoms with E-state index in [1.807, 2.05) is 25.1 Å². The van der Waals surface area contributed by atoms with Crippen molar-refractivity contribution in [3.8, 4) is 11.3 Å². The summed E-state index contributed by atoms with van der Waals surface area (Å²) in [6.45, 7) is 8.30. The molecule has 3 aromatic heterocycles. The maximum atomic E-state index is 15.5. The zero-order chi connectivity index (χ0) is 30.0. The standard InChI is InChI=1S/C32H40FN7O2/c1-6-7-18(2)21-12-19(3)29(25(33)14-21)27-9-8-23-16-36-31(40(23)39-27)37-28-17-35-11-10-24(28)22-13-20(4)30(26(34)15-22)38-32(41)42-5/h8-12,14,16-18,20,22,26,30H,6-7,13,15,34H2,1-5H3,(H,36,37)(H,38,41). The van der Waals surface area contributed by atoms with E-state index in [1.165, 1.54) is 7.11 Å². The first-order valence-electron chi connectivity index (χ1n) is 14.7. The lowest BCUT2D eigenvalue weighted by Crippen LogP contribution is -2.54. The van der Waals surface area contributed by atoms with Crippen LogP contribution in [0.4, 0.5) is 20.8 Å². The van der Waals surface area contributed by atoms with E-state index in [0.717, 1.165) is 47.2 Å². The Morgan fingerprint density at radius 1 is 1.24 bits per heavy atom. The molecule has 0 spiro atoms. The van der Waals surface area contributed by atoms with E-state index in [4.69, 9.17) is 15.6 Å². The van der Waals surface area contributed by atoms with Crippen LogP contribution in [0.15, 0.2) is 48.9 Å². The maximum Gasteiger partial charge on any atom is 0.407 e. The third kappa shape index (κ3) is 5.94. The molecule has 5 atom stereocenters. The number of pyridine rings is 1. The Bertz CT molecular complexity index is 1540. The quantitative estimate of drug-likeness (QED) is 0.222. The van der Waals surface area contributed by atoms with Gasteiger partial charge in [0.25, 0.3) is 0 Å². The average Bonchev–Trinajstić information content (AvgIpc) is 3.36. The number of amides is 1. The van der Waals surface area contributed by atoms with Crippen LogP contribution in [0.2, 0.25) is 0 Å². The molecule has 4 aromatic rings. The van der Waals surface area contributed by atoms with E-state index in [9.17, 15) is 4.79 Å². The number of alkyl carbamates (subject to hydrolysis) is 1. The Morgan fingerprint density at radius 2 is 2.05 bits per heavy atom. The van der Waals surface area contributed by atoms with Gasteiger partial charge in [-0.15, -0.1) is 0 Å². The second-order valence-corrected chi connectivity index (χ2v) is 11.6. The Balaban J connectivity index is 1.43. The Labute approximate surface area is 246 Å². The number of nitrogens with one attached hydrogen (secondary N) is 2. The summed E-state index contributed by atoms with van der Waals surface area (Å²) >= 11 is 0. The summed E-state index contributed by atoms with van der Waals surface area (Å²) in [6, 6.07) is 9.04. The zero-order valence-electron chi connectivity index (χ0n) is 24.9. The number of methoxy groups -OCH3 is 1. The summed E-state index contributed by atoms with van der Waals surface area (Å²) < 4.78 is 22.0. The number of anilines is 2. The van der Waals surface area contributed by atoms with Gasteiger partial charge in [0.05, 0.1) is 36.4 Å². The molecule has 1 saturated carbocycles. The number of hydrogen-bond donors (Lipinski definition) is 3. The summed E-state index contributed by atoms with van der Waals surface area (Å²) in [4.78, 5) is 20.8. The SMILES string of the molecule is CCCC(C)c1cc(C)c(-c2ccc3cnc(Nc4cnccc4C4CC(C)C(NC(=O)OC)C(N)C4)n3n2)c(F)c1. The fourth-order valence-electron chi connectivity index (χ4n) is 6.35. The highest BCUT2D eigenvalue weighted by Gasteiger charge is 2.36. The molecular formula is C32H40FN7O2. The predicted molar refractivity (Wildman–Crippen MR) is 162 cm³/mol. The van der Waals surface area contributed by atoms with Crippen molar-refractivity contribution in [3.63, 3.8) is 0 Å². The highest BCUT2D eigenvalue weighted by Crippen LogP contribution is 2.39. The molecule has 9 nitrogen and oxygen atoms in total. The highest BCUT2D eigenvalue weighted by molar-refractivity contribution is 5.69. The molecule has 0 radical (unpaired) electrons. The number of aromatic nitrogens is 4. The summed E-state index contributed by atoms with van der Waals surface area (Å²) in [5.74, 6) is 0.820. The van der Waals surface area contributed by atoms with Crippen molar-refractivity contribution >= 4 is 23.2 Å². The number of imidazole rings is 1. The number of nitrogens with two attached hydrogens (primary N) is 1. The van der Waals surface area contributed by atoms with Gasteiger partial charge < -0.3 is 21.1 Å². The Hall–Kier alpha value is -4.05. The van der Waals surface area contributed by atoms with Crippen LogP contribution in [-0.2, 0) is 4.74 Å². The number of nitrogens with zero attached hydrogens (tertiary/aromatic N) is 4. The van der Waals surface area contributed by atoms with Gasteiger partial charge in [-0.1, -0.05) is 33.3 Å². The van der Waals surface area contributed by atoms with E-state index in [0.29, 0.717) is 29.5 Å². The number of benzene rings is 1. The molecule has 1 aliphatic rings. The predicted octanol–water partition coefficient (Wildman–Crippen LogP) is 6.45.